The maximum Gasteiger partial charge on any atom is 0.216 e. The fourth-order valence-corrected chi connectivity index (χ4v) is 1.84. The van der Waals surface area contributed by atoms with E-state index in [2.05, 4.69) is 10.3 Å². The van der Waals surface area contributed by atoms with Gasteiger partial charge in [-0.2, -0.15) is 0 Å². The quantitative estimate of drug-likeness (QED) is 0.681. The molecule has 0 bridgehead atoms. The van der Waals surface area contributed by atoms with Crippen LogP contribution in [0, 0.1) is 0 Å². The minimum absolute atomic E-state index is 0.0599. The Morgan fingerprint density at radius 3 is 2.93 bits per heavy atom. The molecule has 5 heteroatoms. The summed E-state index contributed by atoms with van der Waals surface area (Å²) >= 11 is 0. The molecule has 1 unspecified atom stereocenters. The lowest BCUT2D eigenvalue weighted by Gasteiger charge is -2.31. The van der Waals surface area contributed by atoms with E-state index in [-0.39, 0.29) is 5.78 Å². The summed E-state index contributed by atoms with van der Waals surface area (Å²) in [6, 6.07) is 0. The number of Topliss-reactive ketones (excluding diaryl/α,β-unsaturated/α-hetero) is 1. The van der Waals surface area contributed by atoms with Gasteiger partial charge in [0.1, 0.15) is 5.60 Å². The van der Waals surface area contributed by atoms with Crippen LogP contribution < -0.4 is 0 Å². The predicted octanol–water partition coefficient (Wildman–Crippen LogP) is 0.957. The lowest BCUT2D eigenvalue weighted by molar-refractivity contribution is -0.0429. The van der Waals surface area contributed by atoms with E-state index in [0.717, 1.165) is 19.3 Å². The van der Waals surface area contributed by atoms with Crippen molar-refractivity contribution >= 4 is 5.78 Å². The molecule has 1 saturated heterocycles. The van der Waals surface area contributed by atoms with Crippen LogP contribution in [-0.2, 0) is 11.8 Å². The van der Waals surface area contributed by atoms with E-state index in [0.29, 0.717) is 12.3 Å². The van der Waals surface area contributed by atoms with Crippen molar-refractivity contribution in [1.29, 1.82) is 0 Å². The van der Waals surface area contributed by atoms with E-state index < -0.39 is 5.60 Å². The molecule has 1 aliphatic heterocycles. The van der Waals surface area contributed by atoms with Crippen molar-refractivity contribution in [1.82, 2.24) is 15.0 Å². The van der Waals surface area contributed by atoms with E-state index in [1.165, 1.54) is 4.68 Å². The lowest BCUT2D eigenvalue weighted by atomic mass is 9.90. The standard InChI is InChI=1S/C10H15N3O2/c1-10(5-3-4-6-15-10)9(14)8-7-13(2)12-11-8/h7H,3-6H2,1-2H3. The van der Waals surface area contributed by atoms with E-state index in [1.54, 1.807) is 13.2 Å². The summed E-state index contributed by atoms with van der Waals surface area (Å²) in [6.45, 7) is 2.49. The Balaban J connectivity index is 2.19. The van der Waals surface area contributed by atoms with Crippen LogP contribution in [0.3, 0.4) is 0 Å². The Bertz CT molecular complexity index is 366. The van der Waals surface area contributed by atoms with Gasteiger partial charge in [0.25, 0.3) is 0 Å². The molecular weight excluding hydrogens is 194 g/mol. The molecule has 0 saturated carbocycles. The van der Waals surface area contributed by atoms with Crippen molar-refractivity contribution in [3.8, 4) is 0 Å². The smallest absolute Gasteiger partial charge is 0.216 e. The topological polar surface area (TPSA) is 57.0 Å². The number of ether oxygens (including phenoxy) is 1. The van der Waals surface area contributed by atoms with E-state index in [4.69, 9.17) is 4.74 Å². The van der Waals surface area contributed by atoms with Crippen LogP contribution in [0.15, 0.2) is 6.20 Å². The molecule has 2 heterocycles. The van der Waals surface area contributed by atoms with Gasteiger partial charge in [0.15, 0.2) is 5.69 Å². The van der Waals surface area contributed by atoms with Crippen molar-refractivity contribution in [2.45, 2.75) is 31.8 Å². The van der Waals surface area contributed by atoms with Crippen LogP contribution in [0.5, 0.6) is 0 Å². The predicted molar refractivity (Wildman–Crippen MR) is 53.5 cm³/mol. The van der Waals surface area contributed by atoms with Gasteiger partial charge in [0.2, 0.25) is 5.78 Å². The third-order valence-corrected chi connectivity index (χ3v) is 2.78. The van der Waals surface area contributed by atoms with Crippen LogP contribution >= 0.6 is 0 Å². The highest BCUT2D eigenvalue weighted by Gasteiger charge is 2.37. The molecule has 1 atom stereocenters. The van der Waals surface area contributed by atoms with Crippen molar-refractivity contribution < 1.29 is 9.53 Å². The zero-order chi connectivity index (χ0) is 10.9. The van der Waals surface area contributed by atoms with Crippen LogP contribution in [0.2, 0.25) is 0 Å². The molecule has 82 valence electrons. The van der Waals surface area contributed by atoms with Crippen molar-refractivity contribution in [3.05, 3.63) is 11.9 Å². The molecule has 0 N–H and O–H groups in total. The van der Waals surface area contributed by atoms with Crippen molar-refractivity contribution in [3.63, 3.8) is 0 Å². The minimum Gasteiger partial charge on any atom is -0.367 e. The van der Waals surface area contributed by atoms with Crippen LogP contribution in [0.1, 0.15) is 36.7 Å². The summed E-state index contributed by atoms with van der Waals surface area (Å²) in [5, 5.41) is 7.57. The number of aromatic nitrogens is 3. The number of hydrogen-bond donors (Lipinski definition) is 0. The summed E-state index contributed by atoms with van der Waals surface area (Å²) in [5.74, 6) is -0.0599. The fourth-order valence-electron chi connectivity index (χ4n) is 1.84. The number of nitrogens with zero attached hydrogens (tertiary/aromatic N) is 3. The molecule has 0 amide bonds. The molecule has 0 aliphatic carbocycles. The summed E-state index contributed by atoms with van der Waals surface area (Å²) in [4.78, 5) is 12.1. The molecule has 1 aliphatic rings. The third kappa shape index (κ3) is 1.92. The first-order valence-electron chi connectivity index (χ1n) is 5.17. The highest BCUT2D eigenvalue weighted by atomic mass is 16.5. The molecule has 0 spiro atoms. The summed E-state index contributed by atoms with van der Waals surface area (Å²) in [7, 11) is 1.74. The number of hydrogen-bond acceptors (Lipinski definition) is 4. The Morgan fingerprint density at radius 1 is 1.60 bits per heavy atom. The van der Waals surface area contributed by atoms with Crippen molar-refractivity contribution in [2.24, 2.45) is 7.05 Å². The maximum atomic E-state index is 12.1. The monoisotopic (exact) mass is 209 g/mol. The number of ketones is 1. The molecule has 15 heavy (non-hydrogen) atoms. The molecule has 1 aromatic heterocycles. The van der Waals surface area contributed by atoms with Gasteiger partial charge < -0.3 is 4.74 Å². The molecule has 0 aromatic carbocycles. The van der Waals surface area contributed by atoms with Crippen LogP contribution in [-0.4, -0.2) is 33.0 Å². The number of carbonyl (C=O) groups excluding carboxylic acids is 1. The summed E-state index contributed by atoms with van der Waals surface area (Å²) in [5.41, 5.74) is -0.309. The Morgan fingerprint density at radius 2 is 2.40 bits per heavy atom. The molecular formula is C10H15N3O2. The highest BCUT2D eigenvalue weighted by molar-refractivity contribution is 6.00. The maximum absolute atomic E-state index is 12.1. The Hall–Kier alpha value is -1.23. The second-order valence-electron chi connectivity index (χ2n) is 4.14. The second-order valence-corrected chi connectivity index (χ2v) is 4.14. The molecule has 2 rings (SSSR count). The van der Waals surface area contributed by atoms with E-state index >= 15 is 0 Å². The van der Waals surface area contributed by atoms with Crippen LogP contribution in [0.25, 0.3) is 0 Å². The first-order chi connectivity index (χ1) is 7.12. The van der Waals surface area contributed by atoms with Gasteiger partial charge in [-0.05, 0) is 26.2 Å². The summed E-state index contributed by atoms with van der Waals surface area (Å²) < 4.78 is 7.09. The molecule has 0 radical (unpaired) electrons. The Kier molecular flexibility index (Phi) is 2.56. The van der Waals surface area contributed by atoms with Gasteiger partial charge in [-0.3, -0.25) is 9.48 Å². The number of carbonyl (C=O) groups is 1. The van der Waals surface area contributed by atoms with Gasteiger partial charge in [-0.25, -0.2) is 0 Å². The van der Waals surface area contributed by atoms with Crippen LogP contribution in [0.4, 0.5) is 0 Å². The molecule has 1 fully saturated rings. The summed E-state index contributed by atoms with van der Waals surface area (Å²) in [6.07, 6.45) is 4.46. The Labute approximate surface area is 88.4 Å². The van der Waals surface area contributed by atoms with Gasteiger partial charge in [-0.1, -0.05) is 5.21 Å². The van der Waals surface area contributed by atoms with Gasteiger partial charge >= 0.3 is 0 Å². The zero-order valence-electron chi connectivity index (χ0n) is 9.06. The molecule has 5 nitrogen and oxygen atoms in total. The first kappa shape index (κ1) is 10.3. The number of rotatable bonds is 2. The molecule has 1 aromatic rings. The minimum atomic E-state index is -0.700. The van der Waals surface area contributed by atoms with Gasteiger partial charge in [-0.15, -0.1) is 5.10 Å². The number of aryl methyl sites for hydroxylation is 1. The van der Waals surface area contributed by atoms with E-state index in [1.807, 2.05) is 6.92 Å². The largest absolute Gasteiger partial charge is 0.367 e. The lowest BCUT2D eigenvalue weighted by Crippen LogP contribution is -2.41. The van der Waals surface area contributed by atoms with Gasteiger partial charge in [0, 0.05) is 13.7 Å². The normalized spacial score (nSPS) is 26.5. The fraction of sp³-hybridized carbons (Fsp3) is 0.700. The second kappa shape index (κ2) is 3.73. The average Bonchev–Trinajstić information content (AvgIpc) is 2.65. The average molecular weight is 209 g/mol. The van der Waals surface area contributed by atoms with E-state index in [9.17, 15) is 4.79 Å². The van der Waals surface area contributed by atoms with Gasteiger partial charge in [0.05, 0.1) is 6.20 Å². The SMILES string of the molecule is Cn1cc(C(=O)C2(C)CCCCO2)nn1. The first-order valence-corrected chi connectivity index (χ1v) is 5.17. The zero-order valence-corrected chi connectivity index (χ0v) is 9.06. The third-order valence-electron chi connectivity index (χ3n) is 2.78. The highest BCUT2D eigenvalue weighted by Crippen LogP contribution is 2.27. The van der Waals surface area contributed by atoms with Crippen molar-refractivity contribution in [2.75, 3.05) is 6.61 Å².